The summed E-state index contributed by atoms with van der Waals surface area (Å²) in [6, 6.07) is 0.670. The van der Waals surface area contributed by atoms with Gasteiger partial charge in [0.1, 0.15) is 0 Å². The van der Waals surface area contributed by atoms with Crippen LogP contribution in [0.3, 0.4) is 0 Å². The number of hydrogen-bond acceptors (Lipinski definition) is 3. The molecular weight excluding hydrogens is 222 g/mol. The van der Waals surface area contributed by atoms with E-state index in [-0.39, 0.29) is 5.54 Å². The van der Waals surface area contributed by atoms with Crippen molar-refractivity contribution in [2.45, 2.75) is 53.1 Å². The molecule has 108 valence electrons. The highest BCUT2D eigenvalue weighted by Crippen LogP contribution is 2.14. The Morgan fingerprint density at radius 1 is 1.06 bits per heavy atom. The first-order chi connectivity index (χ1) is 8.33. The molecule has 0 amide bonds. The Balaban J connectivity index is 2.47. The topological polar surface area (TPSA) is 18.5 Å². The van der Waals surface area contributed by atoms with Crippen molar-refractivity contribution in [2.24, 2.45) is 5.92 Å². The number of nitrogens with zero attached hydrogens (tertiary/aromatic N) is 2. The molecule has 1 aliphatic rings. The first kappa shape index (κ1) is 15.9. The molecular formula is C15H33N3. The highest BCUT2D eigenvalue weighted by atomic mass is 15.3. The fraction of sp³-hybridized carbons (Fsp3) is 1.00. The molecule has 1 fully saturated rings. The summed E-state index contributed by atoms with van der Waals surface area (Å²) < 4.78 is 0. The molecule has 0 aromatic heterocycles. The van der Waals surface area contributed by atoms with Gasteiger partial charge in [-0.05, 0) is 33.2 Å². The molecule has 1 aliphatic heterocycles. The minimum atomic E-state index is 0.221. The van der Waals surface area contributed by atoms with Crippen LogP contribution in [0.15, 0.2) is 0 Å². The number of nitrogens with one attached hydrogen (secondary N) is 1. The van der Waals surface area contributed by atoms with Gasteiger partial charge in [0.05, 0.1) is 0 Å². The molecule has 3 nitrogen and oxygen atoms in total. The highest BCUT2D eigenvalue weighted by molar-refractivity contribution is 4.84. The van der Waals surface area contributed by atoms with Crippen molar-refractivity contribution in [1.82, 2.24) is 15.1 Å². The molecule has 0 aromatic rings. The fourth-order valence-electron chi connectivity index (χ4n) is 2.61. The van der Waals surface area contributed by atoms with Crippen molar-refractivity contribution in [3.8, 4) is 0 Å². The summed E-state index contributed by atoms with van der Waals surface area (Å²) in [6.07, 6.45) is 0. The van der Waals surface area contributed by atoms with Gasteiger partial charge in [-0.2, -0.15) is 0 Å². The van der Waals surface area contributed by atoms with Crippen LogP contribution in [0, 0.1) is 5.92 Å². The molecule has 18 heavy (non-hydrogen) atoms. The zero-order chi connectivity index (χ0) is 13.8. The smallest absolute Gasteiger partial charge is 0.0244 e. The van der Waals surface area contributed by atoms with Crippen LogP contribution in [0.1, 0.15) is 41.5 Å². The van der Waals surface area contributed by atoms with E-state index in [9.17, 15) is 0 Å². The second-order valence-corrected chi connectivity index (χ2v) is 6.91. The second-order valence-electron chi connectivity index (χ2n) is 6.91. The largest absolute Gasteiger partial charge is 0.311 e. The zero-order valence-electron chi connectivity index (χ0n) is 13.3. The first-order valence-corrected chi connectivity index (χ1v) is 7.55. The minimum absolute atomic E-state index is 0.221. The molecule has 1 saturated heterocycles. The van der Waals surface area contributed by atoms with Crippen LogP contribution >= 0.6 is 0 Å². The van der Waals surface area contributed by atoms with Crippen molar-refractivity contribution in [3.63, 3.8) is 0 Å². The minimum Gasteiger partial charge on any atom is -0.311 e. The standard InChI is InChI=1S/C15H33N3/c1-7-17-8-10-18(11-9-17)14(13(2)3)12-16-15(4,5)6/h13-14,16H,7-12H2,1-6H3. The van der Waals surface area contributed by atoms with Crippen LogP contribution in [0.4, 0.5) is 0 Å². The summed E-state index contributed by atoms with van der Waals surface area (Å²) in [5.41, 5.74) is 0.221. The maximum absolute atomic E-state index is 3.67. The molecule has 1 atom stereocenters. The summed E-state index contributed by atoms with van der Waals surface area (Å²) in [6.45, 7) is 20.9. The summed E-state index contributed by atoms with van der Waals surface area (Å²) in [4.78, 5) is 5.22. The van der Waals surface area contributed by atoms with E-state index in [4.69, 9.17) is 0 Å². The van der Waals surface area contributed by atoms with Gasteiger partial charge >= 0.3 is 0 Å². The molecule has 0 aliphatic carbocycles. The lowest BCUT2D eigenvalue weighted by molar-refractivity contribution is 0.0752. The average Bonchev–Trinajstić information content (AvgIpc) is 2.28. The normalized spacial score (nSPS) is 21.5. The maximum atomic E-state index is 3.67. The van der Waals surface area contributed by atoms with Gasteiger partial charge in [-0.1, -0.05) is 20.8 Å². The van der Waals surface area contributed by atoms with Crippen LogP contribution in [-0.2, 0) is 0 Å². The van der Waals surface area contributed by atoms with Crippen molar-refractivity contribution in [2.75, 3.05) is 39.3 Å². The molecule has 0 spiro atoms. The molecule has 1 heterocycles. The van der Waals surface area contributed by atoms with Gasteiger partial charge in [-0.15, -0.1) is 0 Å². The Morgan fingerprint density at radius 2 is 1.61 bits per heavy atom. The van der Waals surface area contributed by atoms with Crippen LogP contribution in [0.5, 0.6) is 0 Å². The van der Waals surface area contributed by atoms with Crippen molar-refractivity contribution < 1.29 is 0 Å². The summed E-state index contributed by atoms with van der Waals surface area (Å²) in [5.74, 6) is 0.716. The third kappa shape index (κ3) is 5.25. The first-order valence-electron chi connectivity index (χ1n) is 7.55. The lowest BCUT2D eigenvalue weighted by Crippen LogP contribution is -2.56. The van der Waals surface area contributed by atoms with Crippen LogP contribution < -0.4 is 5.32 Å². The predicted octanol–water partition coefficient (Wildman–Crippen LogP) is 2.04. The van der Waals surface area contributed by atoms with E-state index in [1.54, 1.807) is 0 Å². The Kier molecular flexibility index (Phi) is 6.09. The molecule has 1 N–H and O–H groups in total. The molecule has 0 bridgehead atoms. The summed E-state index contributed by atoms with van der Waals surface area (Å²) in [5, 5.41) is 3.67. The SMILES string of the molecule is CCN1CCN(C(CNC(C)(C)C)C(C)C)CC1. The van der Waals surface area contributed by atoms with E-state index in [1.807, 2.05) is 0 Å². The molecule has 1 unspecified atom stereocenters. The van der Waals surface area contributed by atoms with Crippen LogP contribution in [0.2, 0.25) is 0 Å². The van der Waals surface area contributed by atoms with Crippen molar-refractivity contribution in [3.05, 3.63) is 0 Å². The van der Waals surface area contributed by atoms with Gasteiger partial charge in [-0.3, -0.25) is 4.90 Å². The number of likely N-dealkylation sites (N-methyl/N-ethyl adjacent to an activating group) is 1. The second kappa shape index (κ2) is 6.88. The average molecular weight is 255 g/mol. The van der Waals surface area contributed by atoms with Crippen LogP contribution in [0.25, 0.3) is 0 Å². The van der Waals surface area contributed by atoms with Gasteiger partial charge in [0.2, 0.25) is 0 Å². The summed E-state index contributed by atoms with van der Waals surface area (Å²) in [7, 11) is 0. The molecule has 1 rings (SSSR count). The van der Waals surface area contributed by atoms with Gasteiger partial charge in [-0.25, -0.2) is 0 Å². The Morgan fingerprint density at radius 3 is 2.00 bits per heavy atom. The van der Waals surface area contributed by atoms with E-state index >= 15 is 0 Å². The molecule has 0 saturated carbocycles. The number of rotatable bonds is 5. The highest BCUT2D eigenvalue weighted by Gasteiger charge is 2.26. The van der Waals surface area contributed by atoms with Gasteiger partial charge < -0.3 is 10.2 Å². The maximum Gasteiger partial charge on any atom is 0.0244 e. The van der Waals surface area contributed by atoms with E-state index < -0.39 is 0 Å². The monoisotopic (exact) mass is 255 g/mol. The van der Waals surface area contributed by atoms with E-state index in [0.717, 1.165) is 6.54 Å². The fourth-order valence-corrected chi connectivity index (χ4v) is 2.61. The van der Waals surface area contributed by atoms with Gasteiger partial charge in [0.25, 0.3) is 0 Å². The van der Waals surface area contributed by atoms with Gasteiger partial charge in [0, 0.05) is 44.3 Å². The van der Waals surface area contributed by atoms with E-state index in [0.29, 0.717) is 12.0 Å². The Hall–Kier alpha value is -0.120. The van der Waals surface area contributed by atoms with E-state index in [1.165, 1.54) is 32.7 Å². The Bertz CT molecular complexity index is 224. The third-order valence-corrected chi connectivity index (χ3v) is 3.93. The lowest BCUT2D eigenvalue weighted by Gasteiger charge is -2.41. The number of piperazine rings is 1. The van der Waals surface area contributed by atoms with Crippen molar-refractivity contribution >= 4 is 0 Å². The third-order valence-electron chi connectivity index (χ3n) is 3.93. The van der Waals surface area contributed by atoms with E-state index in [2.05, 4.69) is 56.7 Å². The lowest BCUT2D eigenvalue weighted by atomic mass is 9.99. The number of hydrogen-bond donors (Lipinski definition) is 1. The molecule has 3 heteroatoms. The quantitative estimate of drug-likeness (QED) is 0.811. The van der Waals surface area contributed by atoms with Crippen molar-refractivity contribution in [1.29, 1.82) is 0 Å². The van der Waals surface area contributed by atoms with Gasteiger partial charge in [0.15, 0.2) is 0 Å². The Labute approximate surface area is 114 Å². The molecule has 0 radical (unpaired) electrons. The molecule has 0 aromatic carbocycles. The predicted molar refractivity (Wildman–Crippen MR) is 80.1 cm³/mol. The summed E-state index contributed by atoms with van der Waals surface area (Å²) >= 11 is 0. The van der Waals surface area contributed by atoms with Crippen LogP contribution in [-0.4, -0.2) is 60.6 Å². The zero-order valence-corrected chi connectivity index (χ0v) is 13.3.